The van der Waals surface area contributed by atoms with E-state index in [0.717, 1.165) is 29.1 Å². The minimum absolute atomic E-state index is 0.438. The van der Waals surface area contributed by atoms with Crippen LogP contribution in [0.3, 0.4) is 0 Å². The van der Waals surface area contributed by atoms with Gasteiger partial charge in [-0.15, -0.1) is 0 Å². The standard InChI is InChI=1S/C31H38NO6/c1-21(2)20-32-24(14-12-22-16-28(35-5)30(37-7)18-26(22)33-3)10-9-11-25(32)15-13-23-17-29(36-6)31(38-8)19-27(23)34-4/h9-19,21H,20H2,1-8H3/q+1/b14-12+,15-13+. The fourth-order valence-corrected chi connectivity index (χ4v) is 4.16. The van der Waals surface area contributed by atoms with E-state index in [1.807, 2.05) is 42.5 Å². The molecule has 0 N–H and O–H groups in total. The monoisotopic (exact) mass is 520 g/mol. The fraction of sp³-hybridized carbons (Fsp3) is 0.323. The van der Waals surface area contributed by atoms with Crippen molar-refractivity contribution >= 4 is 24.3 Å². The lowest BCUT2D eigenvalue weighted by molar-refractivity contribution is -0.705. The molecule has 0 saturated heterocycles. The van der Waals surface area contributed by atoms with Crippen LogP contribution in [0, 0.1) is 5.92 Å². The Labute approximate surface area is 225 Å². The first kappa shape index (κ1) is 28.4. The molecule has 0 aliphatic heterocycles. The second-order valence-corrected chi connectivity index (χ2v) is 8.94. The molecule has 0 amide bonds. The average molecular weight is 521 g/mol. The van der Waals surface area contributed by atoms with Crippen LogP contribution in [-0.4, -0.2) is 42.7 Å². The maximum Gasteiger partial charge on any atom is 0.205 e. The first-order chi connectivity index (χ1) is 18.4. The van der Waals surface area contributed by atoms with E-state index in [1.54, 1.807) is 42.7 Å². The topological polar surface area (TPSA) is 59.3 Å². The van der Waals surface area contributed by atoms with Crippen molar-refractivity contribution in [1.82, 2.24) is 0 Å². The third-order valence-corrected chi connectivity index (χ3v) is 6.04. The molecule has 38 heavy (non-hydrogen) atoms. The van der Waals surface area contributed by atoms with E-state index < -0.39 is 0 Å². The summed E-state index contributed by atoms with van der Waals surface area (Å²) in [5, 5.41) is 0. The van der Waals surface area contributed by atoms with Gasteiger partial charge >= 0.3 is 0 Å². The largest absolute Gasteiger partial charge is 0.496 e. The summed E-state index contributed by atoms with van der Waals surface area (Å²) in [6, 6.07) is 13.7. The van der Waals surface area contributed by atoms with Crippen LogP contribution in [0.5, 0.6) is 34.5 Å². The molecule has 2 aromatic carbocycles. The van der Waals surface area contributed by atoms with Crippen LogP contribution in [0.1, 0.15) is 36.4 Å². The van der Waals surface area contributed by atoms with Crippen LogP contribution < -0.4 is 33.0 Å². The van der Waals surface area contributed by atoms with Gasteiger partial charge < -0.3 is 28.4 Å². The molecule has 0 spiro atoms. The van der Waals surface area contributed by atoms with Crippen LogP contribution in [0.4, 0.5) is 0 Å². The van der Waals surface area contributed by atoms with Gasteiger partial charge in [-0.25, -0.2) is 0 Å². The van der Waals surface area contributed by atoms with E-state index in [0.29, 0.717) is 40.4 Å². The Hall–Kier alpha value is -4.13. The number of pyridine rings is 1. The molecule has 1 heterocycles. The summed E-state index contributed by atoms with van der Waals surface area (Å²) in [6.45, 7) is 5.25. The molecule has 0 saturated carbocycles. The Kier molecular flexibility index (Phi) is 10.0. The Bertz CT molecular complexity index is 1200. The van der Waals surface area contributed by atoms with Crippen molar-refractivity contribution < 1.29 is 33.0 Å². The van der Waals surface area contributed by atoms with Crippen molar-refractivity contribution in [1.29, 1.82) is 0 Å². The van der Waals surface area contributed by atoms with Crippen molar-refractivity contribution in [3.63, 3.8) is 0 Å². The summed E-state index contributed by atoms with van der Waals surface area (Å²) in [6.07, 6.45) is 8.22. The highest BCUT2D eigenvalue weighted by atomic mass is 16.5. The Morgan fingerprint density at radius 3 is 1.26 bits per heavy atom. The number of hydrogen-bond acceptors (Lipinski definition) is 6. The van der Waals surface area contributed by atoms with Gasteiger partial charge in [-0.3, -0.25) is 0 Å². The lowest BCUT2D eigenvalue weighted by Crippen LogP contribution is -2.42. The minimum Gasteiger partial charge on any atom is -0.496 e. The van der Waals surface area contributed by atoms with Gasteiger partial charge in [0.2, 0.25) is 11.4 Å². The van der Waals surface area contributed by atoms with E-state index >= 15 is 0 Å². The van der Waals surface area contributed by atoms with E-state index in [9.17, 15) is 0 Å². The van der Waals surface area contributed by atoms with Gasteiger partial charge in [-0.2, -0.15) is 4.57 Å². The molecule has 202 valence electrons. The number of methoxy groups -OCH3 is 6. The molecule has 7 heteroatoms. The fourth-order valence-electron chi connectivity index (χ4n) is 4.16. The predicted molar refractivity (Wildman–Crippen MR) is 152 cm³/mol. The van der Waals surface area contributed by atoms with Gasteiger partial charge in [0, 0.05) is 53.5 Å². The lowest BCUT2D eigenvalue weighted by Gasteiger charge is -2.12. The van der Waals surface area contributed by atoms with Crippen molar-refractivity contribution in [2.45, 2.75) is 20.4 Å². The zero-order valence-corrected chi connectivity index (χ0v) is 23.5. The van der Waals surface area contributed by atoms with Crippen molar-refractivity contribution in [2.75, 3.05) is 42.7 Å². The highest BCUT2D eigenvalue weighted by Gasteiger charge is 2.17. The zero-order chi connectivity index (χ0) is 27.7. The van der Waals surface area contributed by atoms with Gasteiger partial charge in [-0.05, 0) is 30.4 Å². The second-order valence-electron chi connectivity index (χ2n) is 8.94. The van der Waals surface area contributed by atoms with Gasteiger partial charge in [0.1, 0.15) is 11.5 Å². The quantitative estimate of drug-likeness (QED) is 0.272. The van der Waals surface area contributed by atoms with E-state index in [4.69, 9.17) is 28.4 Å². The summed E-state index contributed by atoms with van der Waals surface area (Å²) in [7, 11) is 9.75. The molecule has 0 aliphatic carbocycles. The predicted octanol–water partition coefficient (Wildman–Crippen LogP) is 6.02. The maximum absolute atomic E-state index is 5.60. The van der Waals surface area contributed by atoms with Crippen molar-refractivity contribution in [3.05, 3.63) is 65.0 Å². The number of benzene rings is 2. The van der Waals surface area contributed by atoms with Gasteiger partial charge in [-0.1, -0.05) is 13.8 Å². The molecular formula is C31H38NO6+. The summed E-state index contributed by atoms with van der Waals surface area (Å²) >= 11 is 0. The zero-order valence-electron chi connectivity index (χ0n) is 23.5. The van der Waals surface area contributed by atoms with Gasteiger partial charge in [0.15, 0.2) is 29.5 Å². The number of aromatic nitrogens is 1. The number of nitrogens with zero attached hydrogens (tertiary/aromatic N) is 1. The number of rotatable bonds is 12. The Morgan fingerprint density at radius 2 is 0.921 bits per heavy atom. The van der Waals surface area contributed by atoms with E-state index in [1.165, 1.54) is 0 Å². The van der Waals surface area contributed by atoms with Crippen LogP contribution in [-0.2, 0) is 6.54 Å². The molecule has 0 fully saturated rings. The van der Waals surface area contributed by atoms with Crippen LogP contribution in [0.15, 0.2) is 42.5 Å². The molecule has 3 rings (SSSR count). The van der Waals surface area contributed by atoms with Crippen molar-refractivity contribution in [3.8, 4) is 34.5 Å². The summed E-state index contributed by atoms with van der Waals surface area (Å²) < 4.78 is 35.3. The molecule has 0 atom stereocenters. The van der Waals surface area contributed by atoms with Gasteiger partial charge in [0.25, 0.3) is 0 Å². The second kappa shape index (κ2) is 13.4. The molecular weight excluding hydrogens is 482 g/mol. The highest BCUT2D eigenvalue weighted by Crippen LogP contribution is 2.36. The Morgan fingerprint density at radius 1 is 0.553 bits per heavy atom. The van der Waals surface area contributed by atoms with E-state index in [2.05, 4.69) is 42.7 Å². The smallest absolute Gasteiger partial charge is 0.205 e. The van der Waals surface area contributed by atoms with Crippen LogP contribution in [0.25, 0.3) is 24.3 Å². The molecule has 0 unspecified atom stereocenters. The van der Waals surface area contributed by atoms with E-state index in [-0.39, 0.29) is 0 Å². The summed E-state index contributed by atoms with van der Waals surface area (Å²) in [4.78, 5) is 0. The Balaban J connectivity index is 2.06. The van der Waals surface area contributed by atoms with Gasteiger partial charge in [0.05, 0.1) is 42.7 Å². The highest BCUT2D eigenvalue weighted by molar-refractivity contribution is 5.75. The first-order valence-electron chi connectivity index (χ1n) is 12.4. The maximum atomic E-state index is 5.60. The first-order valence-corrected chi connectivity index (χ1v) is 12.4. The molecule has 7 nitrogen and oxygen atoms in total. The summed E-state index contributed by atoms with van der Waals surface area (Å²) in [5.41, 5.74) is 3.88. The molecule has 0 bridgehead atoms. The third kappa shape index (κ3) is 6.59. The van der Waals surface area contributed by atoms with Crippen molar-refractivity contribution in [2.24, 2.45) is 5.92 Å². The number of hydrogen-bond donors (Lipinski definition) is 0. The molecule has 1 aromatic heterocycles. The average Bonchev–Trinajstić information content (AvgIpc) is 2.94. The molecule has 0 radical (unpaired) electrons. The summed E-state index contributed by atoms with van der Waals surface area (Å²) in [5.74, 6) is 4.36. The molecule has 0 aliphatic rings. The number of ether oxygens (including phenoxy) is 6. The normalized spacial score (nSPS) is 11.3. The van der Waals surface area contributed by atoms with Crippen LogP contribution in [0.2, 0.25) is 0 Å². The third-order valence-electron chi connectivity index (χ3n) is 6.04. The molecule has 3 aromatic rings. The SMILES string of the molecule is COc1cc(OC)c(OC)cc1/C=C/c1cccc(/C=C/c2cc(OC)c(OC)cc2OC)[n+]1CC(C)C. The minimum atomic E-state index is 0.438. The van der Waals surface area contributed by atoms with Crippen LogP contribution >= 0.6 is 0 Å². The lowest BCUT2D eigenvalue weighted by atomic mass is 10.1.